The summed E-state index contributed by atoms with van der Waals surface area (Å²) in [6.45, 7) is 0.830. The van der Waals surface area contributed by atoms with Gasteiger partial charge in [0.25, 0.3) is 0 Å². The monoisotopic (exact) mass is 347 g/mol. The number of carbonyl (C=O) groups is 2. The van der Waals surface area contributed by atoms with Gasteiger partial charge < -0.3 is 10.2 Å². The van der Waals surface area contributed by atoms with Gasteiger partial charge in [-0.2, -0.15) is 0 Å². The Morgan fingerprint density at radius 2 is 1.92 bits per heavy atom. The topological polar surface area (TPSA) is 52.7 Å². The number of amides is 3. The maximum Gasteiger partial charge on any atom is 0.325 e. The molecule has 1 heterocycles. The summed E-state index contributed by atoms with van der Waals surface area (Å²) in [5.74, 6) is -0.658. The third kappa shape index (κ3) is 3.65. The van der Waals surface area contributed by atoms with Crippen LogP contribution in [-0.4, -0.2) is 36.5 Å². The number of carbonyl (C=O) groups excluding carboxylic acids is 2. The van der Waals surface area contributed by atoms with Gasteiger partial charge in [-0.1, -0.05) is 17.7 Å². The second-order valence-corrected chi connectivity index (χ2v) is 5.83. The Hall–Kier alpha value is -2.60. The maximum absolute atomic E-state index is 13.0. The zero-order chi connectivity index (χ0) is 17.1. The molecule has 1 saturated heterocycles. The summed E-state index contributed by atoms with van der Waals surface area (Å²) in [4.78, 5) is 27.5. The first-order chi connectivity index (χ1) is 11.5. The van der Waals surface area contributed by atoms with Crippen LogP contribution in [0, 0.1) is 5.82 Å². The fourth-order valence-corrected chi connectivity index (χ4v) is 2.72. The zero-order valence-electron chi connectivity index (χ0n) is 12.7. The van der Waals surface area contributed by atoms with E-state index in [0.29, 0.717) is 29.5 Å². The van der Waals surface area contributed by atoms with Crippen LogP contribution in [0.3, 0.4) is 0 Å². The highest BCUT2D eigenvalue weighted by molar-refractivity contribution is 6.30. The van der Waals surface area contributed by atoms with E-state index in [9.17, 15) is 14.0 Å². The fraction of sp³-hybridized carbons (Fsp3) is 0.176. The molecule has 2 aromatic rings. The second-order valence-electron chi connectivity index (χ2n) is 5.39. The molecular weight excluding hydrogens is 333 g/mol. The lowest BCUT2D eigenvalue weighted by molar-refractivity contribution is -0.116. The van der Waals surface area contributed by atoms with E-state index in [0.717, 1.165) is 0 Å². The van der Waals surface area contributed by atoms with Crippen LogP contribution in [0.25, 0.3) is 0 Å². The van der Waals surface area contributed by atoms with Crippen molar-refractivity contribution >= 4 is 34.9 Å². The molecule has 2 aromatic carbocycles. The molecule has 24 heavy (non-hydrogen) atoms. The highest BCUT2D eigenvalue weighted by atomic mass is 35.5. The van der Waals surface area contributed by atoms with Gasteiger partial charge in [0, 0.05) is 29.5 Å². The lowest BCUT2D eigenvalue weighted by Gasteiger charge is -2.18. The standard InChI is InChI=1S/C17H15ClFN3O2/c18-12-2-1-3-14(10-12)20-16(23)11-21-8-9-22(17(21)24)15-6-4-13(19)5-7-15/h1-7,10H,8-9,11H2,(H,20,23). The van der Waals surface area contributed by atoms with Crippen LogP contribution in [0.5, 0.6) is 0 Å². The summed E-state index contributed by atoms with van der Waals surface area (Å²) in [5.41, 5.74) is 1.19. The minimum Gasteiger partial charge on any atom is -0.324 e. The molecule has 0 radical (unpaired) electrons. The molecule has 5 nitrogen and oxygen atoms in total. The Kier molecular flexibility index (Phi) is 4.66. The smallest absolute Gasteiger partial charge is 0.324 e. The van der Waals surface area contributed by atoms with E-state index in [1.54, 1.807) is 36.4 Å². The van der Waals surface area contributed by atoms with Gasteiger partial charge in [0.05, 0.1) is 0 Å². The zero-order valence-corrected chi connectivity index (χ0v) is 13.5. The minimum atomic E-state index is -0.358. The van der Waals surface area contributed by atoms with Crippen molar-refractivity contribution in [2.75, 3.05) is 29.9 Å². The number of urea groups is 1. The molecule has 0 unspecified atom stereocenters. The molecular formula is C17H15ClFN3O2. The van der Waals surface area contributed by atoms with E-state index in [2.05, 4.69) is 5.32 Å². The van der Waals surface area contributed by atoms with Crippen molar-refractivity contribution in [3.8, 4) is 0 Å². The Morgan fingerprint density at radius 3 is 2.62 bits per heavy atom. The van der Waals surface area contributed by atoms with Crippen LogP contribution in [0.4, 0.5) is 20.6 Å². The molecule has 1 aliphatic rings. The van der Waals surface area contributed by atoms with Crippen LogP contribution in [-0.2, 0) is 4.79 Å². The lowest BCUT2D eigenvalue weighted by atomic mass is 10.3. The number of hydrogen-bond acceptors (Lipinski definition) is 2. The Labute approximate surface area is 143 Å². The van der Waals surface area contributed by atoms with Crippen LogP contribution in [0.1, 0.15) is 0 Å². The van der Waals surface area contributed by atoms with Gasteiger partial charge in [-0.15, -0.1) is 0 Å². The van der Waals surface area contributed by atoms with Gasteiger partial charge in [-0.3, -0.25) is 9.69 Å². The summed E-state index contributed by atoms with van der Waals surface area (Å²) in [6.07, 6.45) is 0. The van der Waals surface area contributed by atoms with Gasteiger partial charge in [-0.05, 0) is 42.5 Å². The molecule has 1 aliphatic heterocycles. The molecule has 1 fully saturated rings. The van der Waals surface area contributed by atoms with Crippen LogP contribution < -0.4 is 10.2 Å². The number of hydrogen-bond donors (Lipinski definition) is 1. The summed E-state index contributed by atoms with van der Waals surface area (Å²) in [7, 11) is 0. The predicted octanol–water partition coefficient (Wildman–Crippen LogP) is 3.36. The van der Waals surface area contributed by atoms with E-state index < -0.39 is 0 Å². The third-order valence-corrected chi connectivity index (χ3v) is 3.91. The van der Waals surface area contributed by atoms with E-state index in [1.165, 1.54) is 21.9 Å². The molecule has 3 amide bonds. The molecule has 0 aromatic heterocycles. The van der Waals surface area contributed by atoms with E-state index in [1.807, 2.05) is 0 Å². The Balaban J connectivity index is 1.61. The van der Waals surface area contributed by atoms with Crippen LogP contribution in [0.2, 0.25) is 5.02 Å². The first-order valence-electron chi connectivity index (χ1n) is 7.40. The highest BCUT2D eigenvalue weighted by Gasteiger charge is 2.30. The molecule has 0 aliphatic carbocycles. The van der Waals surface area contributed by atoms with Gasteiger partial charge in [0.1, 0.15) is 12.4 Å². The van der Waals surface area contributed by atoms with Crippen LogP contribution in [0.15, 0.2) is 48.5 Å². The predicted molar refractivity (Wildman–Crippen MR) is 90.8 cm³/mol. The molecule has 3 rings (SSSR count). The lowest BCUT2D eigenvalue weighted by Crippen LogP contribution is -2.37. The van der Waals surface area contributed by atoms with Crippen molar-refractivity contribution in [1.82, 2.24) is 4.90 Å². The molecule has 0 bridgehead atoms. The Bertz CT molecular complexity index is 767. The molecule has 0 atom stereocenters. The van der Waals surface area contributed by atoms with E-state index >= 15 is 0 Å². The number of nitrogens with one attached hydrogen (secondary N) is 1. The van der Waals surface area contributed by atoms with Crippen molar-refractivity contribution in [2.45, 2.75) is 0 Å². The SMILES string of the molecule is O=C(CN1CCN(c2ccc(F)cc2)C1=O)Nc1cccc(Cl)c1. The summed E-state index contributed by atoms with van der Waals surface area (Å²) in [6, 6.07) is 12.2. The van der Waals surface area contributed by atoms with Crippen molar-refractivity contribution in [1.29, 1.82) is 0 Å². The first kappa shape index (κ1) is 16.3. The van der Waals surface area contributed by atoms with Crippen molar-refractivity contribution < 1.29 is 14.0 Å². The Morgan fingerprint density at radius 1 is 1.17 bits per heavy atom. The average Bonchev–Trinajstić information content (AvgIpc) is 2.89. The second kappa shape index (κ2) is 6.88. The average molecular weight is 348 g/mol. The number of benzene rings is 2. The minimum absolute atomic E-state index is 0.0525. The van der Waals surface area contributed by atoms with Gasteiger partial charge >= 0.3 is 6.03 Å². The van der Waals surface area contributed by atoms with E-state index in [-0.39, 0.29) is 24.3 Å². The molecule has 7 heteroatoms. The molecule has 124 valence electrons. The summed E-state index contributed by atoms with van der Waals surface area (Å²) in [5, 5.41) is 3.23. The van der Waals surface area contributed by atoms with Gasteiger partial charge in [-0.25, -0.2) is 9.18 Å². The molecule has 1 N–H and O–H groups in total. The first-order valence-corrected chi connectivity index (χ1v) is 7.78. The van der Waals surface area contributed by atoms with Crippen LogP contribution >= 0.6 is 11.6 Å². The summed E-state index contributed by atoms with van der Waals surface area (Å²) < 4.78 is 13.0. The van der Waals surface area contributed by atoms with Crippen molar-refractivity contribution in [2.24, 2.45) is 0 Å². The molecule has 0 spiro atoms. The molecule has 0 saturated carbocycles. The largest absolute Gasteiger partial charge is 0.325 e. The highest BCUT2D eigenvalue weighted by Crippen LogP contribution is 2.21. The quantitative estimate of drug-likeness (QED) is 0.922. The van der Waals surface area contributed by atoms with Crippen molar-refractivity contribution in [3.05, 3.63) is 59.4 Å². The number of halogens is 2. The van der Waals surface area contributed by atoms with Gasteiger partial charge in [0.15, 0.2) is 0 Å². The summed E-state index contributed by atoms with van der Waals surface area (Å²) >= 11 is 5.87. The number of rotatable bonds is 4. The van der Waals surface area contributed by atoms with Gasteiger partial charge in [0.2, 0.25) is 5.91 Å². The van der Waals surface area contributed by atoms with E-state index in [4.69, 9.17) is 11.6 Å². The normalized spacial score (nSPS) is 14.2. The maximum atomic E-state index is 13.0. The number of nitrogens with zero attached hydrogens (tertiary/aromatic N) is 2. The fourth-order valence-electron chi connectivity index (χ4n) is 2.53. The number of anilines is 2. The third-order valence-electron chi connectivity index (χ3n) is 3.68. The van der Waals surface area contributed by atoms with Crippen molar-refractivity contribution in [3.63, 3.8) is 0 Å².